The lowest BCUT2D eigenvalue weighted by atomic mass is 10.1. The van der Waals surface area contributed by atoms with Crippen LogP contribution < -0.4 is 14.8 Å². The molecule has 0 atom stereocenters. The number of methoxy groups -OCH3 is 2. The van der Waals surface area contributed by atoms with Gasteiger partial charge in [0, 0.05) is 24.2 Å². The van der Waals surface area contributed by atoms with Gasteiger partial charge in [-0.25, -0.2) is 0 Å². The maximum atomic E-state index is 5.42. The molecule has 2 rings (SSSR count). The molecule has 114 valence electrons. The van der Waals surface area contributed by atoms with E-state index in [0.717, 1.165) is 17.0 Å². The molecule has 0 aliphatic carbocycles. The average Bonchev–Trinajstić information content (AvgIpc) is 2.92. The Morgan fingerprint density at radius 1 is 1.14 bits per heavy atom. The van der Waals surface area contributed by atoms with Crippen molar-refractivity contribution >= 4 is 0 Å². The minimum absolute atomic E-state index is 0.0386. The van der Waals surface area contributed by atoms with Gasteiger partial charge in [0.05, 0.1) is 25.5 Å². The lowest BCUT2D eigenvalue weighted by Gasteiger charge is -2.19. The van der Waals surface area contributed by atoms with Crippen molar-refractivity contribution in [3.8, 4) is 22.8 Å². The van der Waals surface area contributed by atoms with Crippen LogP contribution in [0.3, 0.4) is 0 Å². The predicted octanol–water partition coefficient (Wildman–Crippen LogP) is 3.25. The molecule has 0 aliphatic rings. The second-order valence-electron chi connectivity index (χ2n) is 5.85. The quantitative estimate of drug-likeness (QED) is 0.916. The van der Waals surface area contributed by atoms with Crippen LogP contribution in [-0.4, -0.2) is 24.9 Å². The molecule has 0 saturated heterocycles. The molecule has 2 aromatic rings. The van der Waals surface area contributed by atoms with E-state index in [1.165, 1.54) is 0 Å². The molecule has 1 heterocycles. The zero-order valence-electron chi connectivity index (χ0n) is 13.2. The first-order valence-electron chi connectivity index (χ1n) is 6.86. The fraction of sp³-hybridized carbons (Fsp3) is 0.438. The molecule has 5 heteroatoms. The summed E-state index contributed by atoms with van der Waals surface area (Å²) in [4.78, 5) is 0. The summed E-state index contributed by atoms with van der Waals surface area (Å²) < 4.78 is 16.0. The summed E-state index contributed by atoms with van der Waals surface area (Å²) in [6.45, 7) is 6.99. The molecule has 0 bridgehead atoms. The summed E-state index contributed by atoms with van der Waals surface area (Å²) in [6.07, 6.45) is 0. The van der Waals surface area contributed by atoms with Crippen LogP contribution >= 0.6 is 0 Å². The fourth-order valence-electron chi connectivity index (χ4n) is 1.88. The fourth-order valence-corrected chi connectivity index (χ4v) is 1.88. The minimum atomic E-state index is 0.0386. The summed E-state index contributed by atoms with van der Waals surface area (Å²) in [5.74, 6) is 2.12. The van der Waals surface area contributed by atoms with Gasteiger partial charge < -0.3 is 19.3 Å². The summed E-state index contributed by atoms with van der Waals surface area (Å²) in [5, 5.41) is 7.47. The van der Waals surface area contributed by atoms with Crippen LogP contribution in [0.4, 0.5) is 0 Å². The lowest BCUT2D eigenvalue weighted by Crippen LogP contribution is -2.35. The van der Waals surface area contributed by atoms with E-state index in [2.05, 4.69) is 31.2 Å². The van der Waals surface area contributed by atoms with Crippen LogP contribution in [0, 0.1) is 0 Å². The molecular weight excluding hydrogens is 268 g/mol. The van der Waals surface area contributed by atoms with Gasteiger partial charge in [-0.05, 0) is 32.9 Å². The summed E-state index contributed by atoms with van der Waals surface area (Å²) in [6, 6.07) is 7.51. The van der Waals surface area contributed by atoms with E-state index in [-0.39, 0.29) is 5.54 Å². The van der Waals surface area contributed by atoms with Gasteiger partial charge in [0.2, 0.25) is 0 Å². The topological polar surface area (TPSA) is 56.5 Å². The molecule has 5 nitrogen and oxygen atoms in total. The summed E-state index contributed by atoms with van der Waals surface area (Å²) >= 11 is 0. The van der Waals surface area contributed by atoms with Crippen molar-refractivity contribution in [2.75, 3.05) is 14.2 Å². The normalized spacial score (nSPS) is 11.5. The highest BCUT2D eigenvalue weighted by Gasteiger charge is 2.14. The molecule has 0 fully saturated rings. The average molecular weight is 290 g/mol. The molecule has 0 saturated carbocycles. The Hall–Kier alpha value is -2.01. The molecule has 0 aliphatic heterocycles. The van der Waals surface area contributed by atoms with Crippen molar-refractivity contribution in [3.63, 3.8) is 0 Å². The Bertz CT molecular complexity index is 600. The van der Waals surface area contributed by atoms with Crippen molar-refractivity contribution in [1.29, 1.82) is 0 Å². The van der Waals surface area contributed by atoms with E-state index in [1.807, 2.05) is 24.3 Å². The summed E-state index contributed by atoms with van der Waals surface area (Å²) in [5.41, 5.74) is 1.75. The molecule has 1 aromatic heterocycles. The number of benzene rings is 1. The van der Waals surface area contributed by atoms with Crippen LogP contribution in [0.2, 0.25) is 0 Å². The Balaban J connectivity index is 2.21. The third-order valence-electron chi connectivity index (χ3n) is 3.03. The van der Waals surface area contributed by atoms with Crippen LogP contribution in [0.1, 0.15) is 26.5 Å². The number of aromatic nitrogens is 1. The number of nitrogens with one attached hydrogen (secondary N) is 1. The van der Waals surface area contributed by atoms with E-state index in [1.54, 1.807) is 14.2 Å². The van der Waals surface area contributed by atoms with Crippen molar-refractivity contribution in [3.05, 3.63) is 30.0 Å². The van der Waals surface area contributed by atoms with Gasteiger partial charge in [-0.1, -0.05) is 5.16 Å². The van der Waals surface area contributed by atoms with E-state index in [4.69, 9.17) is 14.0 Å². The Kier molecular flexibility index (Phi) is 4.53. The second kappa shape index (κ2) is 6.18. The van der Waals surface area contributed by atoms with E-state index < -0.39 is 0 Å². The highest BCUT2D eigenvalue weighted by molar-refractivity contribution is 5.67. The molecular formula is C16H22N2O3. The molecule has 0 unspecified atom stereocenters. The zero-order chi connectivity index (χ0) is 15.5. The highest BCUT2D eigenvalue weighted by Crippen LogP contribution is 2.33. The largest absolute Gasteiger partial charge is 0.497 e. The SMILES string of the molecule is COc1ccc(-c2cc(CNC(C)(C)C)no2)c(OC)c1. The number of nitrogens with zero attached hydrogens (tertiary/aromatic N) is 1. The number of hydrogen-bond donors (Lipinski definition) is 1. The Morgan fingerprint density at radius 3 is 2.52 bits per heavy atom. The van der Waals surface area contributed by atoms with Gasteiger partial charge >= 0.3 is 0 Å². The van der Waals surface area contributed by atoms with Gasteiger partial charge in [-0.3, -0.25) is 0 Å². The van der Waals surface area contributed by atoms with Crippen molar-refractivity contribution in [1.82, 2.24) is 10.5 Å². The molecule has 0 spiro atoms. The smallest absolute Gasteiger partial charge is 0.170 e. The Morgan fingerprint density at radius 2 is 1.90 bits per heavy atom. The minimum Gasteiger partial charge on any atom is -0.497 e. The first kappa shape index (κ1) is 15.4. The van der Waals surface area contributed by atoms with Crippen LogP contribution in [0.5, 0.6) is 11.5 Å². The monoisotopic (exact) mass is 290 g/mol. The lowest BCUT2D eigenvalue weighted by molar-refractivity contribution is 0.385. The standard InChI is InChI=1S/C16H22N2O3/c1-16(2,3)17-10-11-8-15(21-18-11)13-7-6-12(19-4)9-14(13)20-5/h6-9,17H,10H2,1-5H3. The van der Waals surface area contributed by atoms with Crippen molar-refractivity contribution in [2.24, 2.45) is 0 Å². The number of rotatable bonds is 5. The van der Waals surface area contributed by atoms with Crippen molar-refractivity contribution < 1.29 is 14.0 Å². The molecule has 0 radical (unpaired) electrons. The molecule has 0 amide bonds. The van der Waals surface area contributed by atoms with E-state index >= 15 is 0 Å². The zero-order valence-corrected chi connectivity index (χ0v) is 13.2. The highest BCUT2D eigenvalue weighted by atomic mass is 16.5. The van der Waals surface area contributed by atoms with Crippen molar-refractivity contribution in [2.45, 2.75) is 32.9 Å². The van der Waals surface area contributed by atoms with Crippen LogP contribution in [-0.2, 0) is 6.54 Å². The Labute approximate surface area is 125 Å². The molecule has 21 heavy (non-hydrogen) atoms. The molecule has 1 N–H and O–H groups in total. The van der Waals surface area contributed by atoms with Gasteiger partial charge in [-0.2, -0.15) is 0 Å². The van der Waals surface area contributed by atoms with Gasteiger partial charge in [0.1, 0.15) is 11.5 Å². The van der Waals surface area contributed by atoms with E-state index in [9.17, 15) is 0 Å². The van der Waals surface area contributed by atoms with E-state index in [0.29, 0.717) is 18.1 Å². The second-order valence-corrected chi connectivity index (χ2v) is 5.85. The maximum Gasteiger partial charge on any atom is 0.170 e. The third kappa shape index (κ3) is 3.98. The summed E-state index contributed by atoms with van der Waals surface area (Å²) in [7, 11) is 3.25. The number of hydrogen-bond acceptors (Lipinski definition) is 5. The van der Waals surface area contributed by atoms with Gasteiger partial charge in [-0.15, -0.1) is 0 Å². The van der Waals surface area contributed by atoms with Crippen LogP contribution in [0.15, 0.2) is 28.8 Å². The third-order valence-corrected chi connectivity index (χ3v) is 3.03. The predicted molar refractivity (Wildman–Crippen MR) is 81.6 cm³/mol. The van der Waals surface area contributed by atoms with Gasteiger partial charge in [0.25, 0.3) is 0 Å². The molecule has 1 aromatic carbocycles. The van der Waals surface area contributed by atoms with Crippen LogP contribution in [0.25, 0.3) is 11.3 Å². The maximum absolute atomic E-state index is 5.42. The number of ether oxygens (including phenoxy) is 2. The first-order chi connectivity index (χ1) is 9.93. The first-order valence-corrected chi connectivity index (χ1v) is 6.86. The van der Waals surface area contributed by atoms with Gasteiger partial charge in [0.15, 0.2) is 5.76 Å².